The van der Waals surface area contributed by atoms with E-state index in [0.717, 1.165) is 24.0 Å². The van der Waals surface area contributed by atoms with Gasteiger partial charge in [0.05, 0.1) is 12.3 Å². The molecule has 2 N–H and O–H groups in total. The van der Waals surface area contributed by atoms with Crippen LogP contribution in [-0.2, 0) is 11.3 Å². The monoisotopic (exact) mass is 396 g/mol. The van der Waals surface area contributed by atoms with Crippen LogP contribution >= 0.6 is 24.0 Å². The quantitative estimate of drug-likeness (QED) is 0.437. The molecular formula is C13H25IN4O2. The number of oxazole rings is 1. The number of hydrogen-bond acceptors (Lipinski definition) is 4. The topological polar surface area (TPSA) is 71.7 Å². The number of halogens is 1. The molecule has 0 spiro atoms. The molecule has 7 heteroatoms. The van der Waals surface area contributed by atoms with Crippen molar-refractivity contribution in [3.8, 4) is 0 Å². The molecule has 0 saturated heterocycles. The summed E-state index contributed by atoms with van der Waals surface area (Å²) in [4.78, 5) is 8.75. The van der Waals surface area contributed by atoms with Gasteiger partial charge >= 0.3 is 0 Å². The number of ether oxygens (including phenoxy) is 1. The van der Waals surface area contributed by atoms with E-state index in [1.807, 2.05) is 27.7 Å². The van der Waals surface area contributed by atoms with Crippen molar-refractivity contribution in [1.82, 2.24) is 15.6 Å². The summed E-state index contributed by atoms with van der Waals surface area (Å²) >= 11 is 0. The van der Waals surface area contributed by atoms with Gasteiger partial charge in [-0.2, -0.15) is 0 Å². The van der Waals surface area contributed by atoms with Crippen molar-refractivity contribution in [2.75, 3.05) is 20.3 Å². The molecule has 6 nitrogen and oxygen atoms in total. The number of guanidine groups is 1. The molecule has 1 atom stereocenters. The number of nitrogens with one attached hydrogen (secondary N) is 2. The van der Waals surface area contributed by atoms with Crippen molar-refractivity contribution in [1.29, 1.82) is 0 Å². The summed E-state index contributed by atoms with van der Waals surface area (Å²) in [6, 6.07) is 0.191. The lowest BCUT2D eigenvalue weighted by atomic mass is 10.4. The van der Waals surface area contributed by atoms with Crippen molar-refractivity contribution >= 4 is 29.9 Å². The summed E-state index contributed by atoms with van der Waals surface area (Å²) in [5.74, 6) is 2.21. The molecule has 0 fully saturated rings. The predicted octanol–water partition coefficient (Wildman–Crippen LogP) is 2.00. The van der Waals surface area contributed by atoms with E-state index < -0.39 is 0 Å². The highest BCUT2D eigenvalue weighted by Crippen LogP contribution is 2.08. The maximum absolute atomic E-state index is 5.50. The average molecular weight is 396 g/mol. The van der Waals surface area contributed by atoms with Gasteiger partial charge in [-0.15, -0.1) is 24.0 Å². The maximum atomic E-state index is 5.50. The summed E-state index contributed by atoms with van der Waals surface area (Å²) in [6.07, 6.45) is 0. The Morgan fingerprint density at radius 1 is 1.45 bits per heavy atom. The van der Waals surface area contributed by atoms with Gasteiger partial charge in [-0.05, 0) is 27.7 Å². The number of hydrogen-bond donors (Lipinski definition) is 2. The van der Waals surface area contributed by atoms with E-state index in [9.17, 15) is 0 Å². The molecule has 1 unspecified atom stereocenters. The zero-order valence-electron chi connectivity index (χ0n) is 12.8. The largest absolute Gasteiger partial charge is 0.444 e. The molecule has 1 aromatic heterocycles. The number of rotatable bonds is 6. The van der Waals surface area contributed by atoms with E-state index >= 15 is 0 Å². The first-order chi connectivity index (χ1) is 9.06. The normalized spacial score (nSPS) is 12.8. The van der Waals surface area contributed by atoms with Gasteiger partial charge < -0.3 is 19.8 Å². The third-order valence-corrected chi connectivity index (χ3v) is 2.59. The van der Waals surface area contributed by atoms with Gasteiger partial charge in [-0.25, -0.2) is 9.98 Å². The molecule has 0 aliphatic carbocycles. The summed E-state index contributed by atoms with van der Waals surface area (Å²) in [7, 11) is 1.68. The lowest BCUT2D eigenvalue weighted by molar-refractivity contribution is 0.179. The minimum absolute atomic E-state index is 0. The van der Waals surface area contributed by atoms with Crippen molar-refractivity contribution in [3.05, 3.63) is 17.3 Å². The van der Waals surface area contributed by atoms with Crippen LogP contribution in [0.1, 0.15) is 31.2 Å². The highest BCUT2D eigenvalue weighted by atomic mass is 127. The van der Waals surface area contributed by atoms with E-state index in [0.29, 0.717) is 19.0 Å². The maximum Gasteiger partial charge on any atom is 0.216 e. The Balaban J connectivity index is 0.00000361. The second-order valence-electron chi connectivity index (χ2n) is 4.45. The molecule has 0 aromatic carbocycles. The zero-order chi connectivity index (χ0) is 14.3. The predicted molar refractivity (Wildman–Crippen MR) is 90.7 cm³/mol. The van der Waals surface area contributed by atoms with Gasteiger partial charge in [0.15, 0.2) is 5.96 Å². The van der Waals surface area contributed by atoms with Gasteiger partial charge in [0.2, 0.25) is 5.89 Å². The van der Waals surface area contributed by atoms with Gasteiger partial charge in [-0.3, -0.25) is 0 Å². The number of nitrogens with zero attached hydrogens (tertiary/aromatic N) is 2. The smallest absolute Gasteiger partial charge is 0.216 e. The van der Waals surface area contributed by atoms with Gasteiger partial charge in [-0.1, -0.05) is 0 Å². The van der Waals surface area contributed by atoms with E-state index in [-0.39, 0.29) is 30.0 Å². The first-order valence-electron chi connectivity index (χ1n) is 6.53. The van der Waals surface area contributed by atoms with Gasteiger partial charge in [0.25, 0.3) is 0 Å². The van der Waals surface area contributed by atoms with Crippen LogP contribution < -0.4 is 10.6 Å². The minimum atomic E-state index is 0. The minimum Gasteiger partial charge on any atom is -0.444 e. The molecule has 20 heavy (non-hydrogen) atoms. The second kappa shape index (κ2) is 9.98. The number of aliphatic imine (C=N–C) groups is 1. The Morgan fingerprint density at radius 3 is 2.65 bits per heavy atom. The van der Waals surface area contributed by atoms with Crippen molar-refractivity contribution < 1.29 is 9.15 Å². The van der Waals surface area contributed by atoms with Gasteiger partial charge in [0, 0.05) is 19.7 Å². The summed E-state index contributed by atoms with van der Waals surface area (Å²) in [6.45, 7) is 9.74. The molecule has 1 heterocycles. The summed E-state index contributed by atoms with van der Waals surface area (Å²) < 4.78 is 10.6. The van der Waals surface area contributed by atoms with E-state index in [1.54, 1.807) is 7.11 Å². The third-order valence-electron chi connectivity index (χ3n) is 2.59. The first-order valence-corrected chi connectivity index (χ1v) is 6.53. The van der Waals surface area contributed by atoms with Crippen LogP contribution in [-0.4, -0.2) is 37.2 Å². The zero-order valence-corrected chi connectivity index (χ0v) is 15.1. The lowest BCUT2D eigenvalue weighted by Crippen LogP contribution is -2.43. The van der Waals surface area contributed by atoms with Crippen LogP contribution in [0.2, 0.25) is 0 Å². The molecule has 0 aliphatic heterocycles. The Bertz CT molecular complexity index is 401. The highest BCUT2D eigenvalue weighted by molar-refractivity contribution is 14.0. The number of methoxy groups -OCH3 is 1. The molecule has 0 aliphatic rings. The van der Waals surface area contributed by atoms with Crippen molar-refractivity contribution in [2.45, 2.75) is 40.3 Å². The fraction of sp³-hybridized carbons (Fsp3) is 0.692. The molecule has 1 rings (SSSR count). The SMILES string of the molecule is CCNC(=NCc1nc(C)c(C)o1)NC(C)COC.I. The molecule has 116 valence electrons. The molecule has 0 bridgehead atoms. The molecule has 0 amide bonds. The third kappa shape index (κ3) is 6.56. The van der Waals surface area contributed by atoms with E-state index in [4.69, 9.17) is 9.15 Å². The van der Waals surface area contributed by atoms with Crippen LogP contribution in [0.4, 0.5) is 0 Å². The summed E-state index contributed by atoms with van der Waals surface area (Å²) in [5.41, 5.74) is 0.913. The highest BCUT2D eigenvalue weighted by Gasteiger charge is 2.07. The van der Waals surface area contributed by atoms with Crippen LogP contribution in [0.3, 0.4) is 0 Å². The Kier molecular flexibility index (Phi) is 9.56. The van der Waals surface area contributed by atoms with Crippen LogP contribution in [0.25, 0.3) is 0 Å². The van der Waals surface area contributed by atoms with Crippen LogP contribution in [0.5, 0.6) is 0 Å². The Labute approximate surface area is 137 Å². The fourth-order valence-corrected chi connectivity index (χ4v) is 1.60. The first kappa shape index (κ1) is 19.2. The van der Waals surface area contributed by atoms with Crippen molar-refractivity contribution in [2.24, 2.45) is 4.99 Å². The molecule has 1 aromatic rings. The standard InChI is InChI=1S/C13H24N4O2.HI/c1-6-14-13(16-9(2)8-18-5)15-7-12-17-10(3)11(4)19-12;/h9H,6-8H2,1-5H3,(H2,14,15,16);1H. The number of aromatic nitrogens is 1. The van der Waals surface area contributed by atoms with Crippen molar-refractivity contribution in [3.63, 3.8) is 0 Å². The second-order valence-corrected chi connectivity index (χ2v) is 4.45. The van der Waals surface area contributed by atoms with Gasteiger partial charge in [0.1, 0.15) is 12.3 Å². The molecule has 0 saturated carbocycles. The fourth-order valence-electron chi connectivity index (χ4n) is 1.60. The molecular weight excluding hydrogens is 371 g/mol. The number of aryl methyl sites for hydroxylation is 2. The van der Waals surface area contributed by atoms with Crippen LogP contribution in [0.15, 0.2) is 9.41 Å². The van der Waals surface area contributed by atoms with E-state index in [1.165, 1.54) is 0 Å². The van der Waals surface area contributed by atoms with Crippen LogP contribution in [0, 0.1) is 13.8 Å². The molecule has 0 radical (unpaired) electrons. The summed E-state index contributed by atoms with van der Waals surface area (Å²) in [5, 5.41) is 6.43. The lowest BCUT2D eigenvalue weighted by Gasteiger charge is -2.16. The Hall–Kier alpha value is -0.830. The Morgan fingerprint density at radius 2 is 2.15 bits per heavy atom. The average Bonchev–Trinajstić information content (AvgIpc) is 2.66. The van der Waals surface area contributed by atoms with E-state index in [2.05, 4.69) is 20.6 Å².